The number of methoxy groups -OCH3 is 2. The van der Waals surface area contributed by atoms with E-state index < -0.39 is 31.1 Å². The Bertz CT molecular complexity index is 4640. The number of aryl methyl sites for hydroxylation is 1. The Morgan fingerprint density at radius 1 is 0.539 bits per heavy atom. The van der Waals surface area contributed by atoms with Crippen molar-refractivity contribution in [2.75, 3.05) is 14.2 Å². The molecule has 2 atom stereocenters. The normalized spacial score (nSPS) is 13.7. The average Bonchev–Trinajstić information content (AvgIpc) is 1.60. The number of ether oxygens (including phenoxy) is 2. The molecular formula is C79H68BBrCl2N6O10P2S. The van der Waals surface area contributed by atoms with Gasteiger partial charge in [-0.25, -0.2) is 9.59 Å². The molecule has 7 aromatic carbocycles. The lowest BCUT2D eigenvalue weighted by Crippen LogP contribution is -2.45. The molecule has 0 spiro atoms. The summed E-state index contributed by atoms with van der Waals surface area (Å²) in [6.07, 6.45) is 10.4. The van der Waals surface area contributed by atoms with Crippen LogP contribution in [0, 0.1) is 6.92 Å². The predicted octanol–water partition coefficient (Wildman–Crippen LogP) is 13.8. The van der Waals surface area contributed by atoms with Gasteiger partial charge >= 0.3 is 19.1 Å². The van der Waals surface area contributed by atoms with Crippen LogP contribution in [0.5, 0.6) is 0 Å². The number of aromatic nitrogens is 4. The topological polar surface area (TPSA) is 219 Å². The molecule has 23 heteroatoms. The summed E-state index contributed by atoms with van der Waals surface area (Å²) < 4.78 is 10.3. The first-order chi connectivity index (χ1) is 49.4. The molecule has 2 aliphatic rings. The zero-order chi connectivity index (χ0) is 72.5. The second-order valence-corrected chi connectivity index (χ2v) is 29.8. The molecule has 6 heterocycles. The Labute approximate surface area is 618 Å². The van der Waals surface area contributed by atoms with E-state index in [4.69, 9.17) is 54.5 Å². The molecule has 13 rings (SSSR count). The number of carbonyl (C=O) groups excluding carboxylic acids is 6. The van der Waals surface area contributed by atoms with Crippen LogP contribution in [-0.4, -0.2) is 109 Å². The van der Waals surface area contributed by atoms with Crippen LogP contribution >= 0.6 is 53.8 Å². The van der Waals surface area contributed by atoms with Crippen molar-refractivity contribution < 1.29 is 48.3 Å². The monoisotopic (exact) mass is 1510 g/mol. The third-order valence-corrected chi connectivity index (χ3v) is 22.5. The van der Waals surface area contributed by atoms with Crippen molar-refractivity contribution in [1.29, 1.82) is 0 Å². The number of amides is 2. The molecule has 0 fully saturated rings. The van der Waals surface area contributed by atoms with Crippen molar-refractivity contribution in [3.8, 4) is 11.1 Å². The minimum Gasteiger partial charge on any atom is -0.465 e. The third-order valence-electron chi connectivity index (χ3n) is 16.3. The number of hydrogen-bond donors (Lipinski definition) is 2. The Morgan fingerprint density at radius 3 is 1.37 bits per heavy atom. The van der Waals surface area contributed by atoms with E-state index >= 15 is 0 Å². The van der Waals surface area contributed by atoms with Crippen LogP contribution in [0.1, 0.15) is 80.6 Å². The minimum absolute atomic E-state index is 0.0831. The first kappa shape index (κ1) is 76.5. The summed E-state index contributed by atoms with van der Waals surface area (Å²) in [5, 5.41) is 20.8. The molecule has 514 valence electrons. The van der Waals surface area contributed by atoms with E-state index in [1.807, 2.05) is 66.7 Å². The molecule has 2 aliphatic heterocycles. The lowest BCUT2D eigenvalue weighted by Gasteiger charge is -2.29. The van der Waals surface area contributed by atoms with Crippen molar-refractivity contribution in [3.63, 3.8) is 0 Å². The highest BCUT2D eigenvalue weighted by Crippen LogP contribution is 2.46. The second-order valence-electron chi connectivity index (χ2n) is 23.1. The van der Waals surface area contributed by atoms with E-state index in [1.54, 1.807) is 132 Å². The number of Topliss-reactive ketones (excluding diaryl/α,β-unsaturated/α-hetero) is 2. The van der Waals surface area contributed by atoms with Gasteiger partial charge < -0.3 is 29.3 Å². The van der Waals surface area contributed by atoms with Gasteiger partial charge in [0.25, 0.3) is 11.8 Å². The van der Waals surface area contributed by atoms with Gasteiger partial charge in [0.15, 0.2) is 11.6 Å². The first-order valence-electron chi connectivity index (χ1n) is 32.0. The Kier molecular flexibility index (Phi) is 28.8. The van der Waals surface area contributed by atoms with E-state index in [1.165, 1.54) is 42.8 Å². The van der Waals surface area contributed by atoms with Crippen LogP contribution in [0.4, 0.5) is 0 Å². The maximum absolute atomic E-state index is 13.9. The van der Waals surface area contributed by atoms with E-state index in [2.05, 4.69) is 103 Å². The summed E-state index contributed by atoms with van der Waals surface area (Å²) in [5.74, 6) is -1.62. The van der Waals surface area contributed by atoms with Crippen molar-refractivity contribution in [3.05, 3.63) is 338 Å². The Hall–Kier alpha value is -9.65. The summed E-state index contributed by atoms with van der Waals surface area (Å²) in [6.45, 7) is 2.42. The van der Waals surface area contributed by atoms with Gasteiger partial charge in [0.1, 0.15) is 0 Å². The van der Waals surface area contributed by atoms with Gasteiger partial charge in [0.2, 0.25) is 0 Å². The average molecular weight is 1520 g/mol. The zero-order valence-electron chi connectivity index (χ0n) is 55.6. The van der Waals surface area contributed by atoms with E-state index in [0.29, 0.717) is 71.0 Å². The number of ketones is 2. The summed E-state index contributed by atoms with van der Waals surface area (Å²) in [6, 6.07) is 68.1. The number of fused-ring (bicyclic) bond motifs is 2. The number of halogens is 3. The number of pyridine rings is 4. The maximum atomic E-state index is 13.9. The summed E-state index contributed by atoms with van der Waals surface area (Å²) in [4.78, 5) is 98.6. The number of hydrogen-bond acceptors (Lipinski definition) is 15. The number of nitrogens with zero attached hydrogens (tertiary/aromatic N) is 6. The molecule has 0 aliphatic carbocycles. The highest BCUT2D eigenvalue weighted by atomic mass is 79.9. The minimum atomic E-state index is -1.38. The number of benzene rings is 7. The zero-order valence-corrected chi connectivity index (χ0v) is 61.3. The summed E-state index contributed by atoms with van der Waals surface area (Å²) >= 11 is 21.0. The van der Waals surface area contributed by atoms with Gasteiger partial charge in [-0.2, -0.15) is 0 Å². The van der Waals surface area contributed by atoms with Crippen molar-refractivity contribution in [2.45, 2.75) is 57.8 Å². The van der Waals surface area contributed by atoms with E-state index in [-0.39, 0.29) is 63.3 Å². The van der Waals surface area contributed by atoms with Crippen LogP contribution in [0.15, 0.2) is 266 Å². The Balaban J connectivity index is 0.000000169. The van der Waals surface area contributed by atoms with Crippen molar-refractivity contribution in [2.24, 2.45) is 0 Å². The summed E-state index contributed by atoms with van der Waals surface area (Å²) in [5.41, 5.74) is 9.09. The van der Waals surface area contributed by atoms with Gasteiger partial charge in [-0.3, -0.25) is 39.1 Å². The largest absolute Gasteiger partial charge is 0.488 e. The Morgan fingerprint density at radius 2 is 0.971 bits per heavy atom. The molecule has 0 saturated carbocycles. The molecule has 4 aromatic heterocycles. The van der Waals surface area contributed by atoms with Crippen LogP contribution < -0.4 is 16.1 Å². The molecule has 0 unspecified atom stereocenters. The third kappa shape index (κ3) is 21.2. The molecule has 102 heavy (non-hydrogen) atoms. The van der Waals surface area contributed by atoms with Crippen molar-refractivity contribution >= 4 is 124 Å². The molecule has 2 amide bonds. The standard InChI is InChI=1S/C30H24ClN3O4.C25H20BrClN2O4.C12H10P2S.C7H8.C5H6BNO2/c1-38-30(37)25-7-5-19(14-26(25)20-9-12-32-13-10-20)18-34-27(17-23-4-2-3-11-33-23)28(35)16-21-15-22(31)6-8-24(21)29(34)36;1-33-25(32)20-7-5-15(10-21(20)26)14-29-22(13-18-4-2-3-9-28-18)23(30)12-16-11-17(27)6-8-19(16)24(29)31;15-13-14(11-7-3-1-4-8-11)12-9-5-2-6-10-12;1-7-5-3-2-4-6-7;8-6(9)5-1-3-7-4-2-5/h2-15,27H,16-18H2,1H3;2-11,22H,12-14H2,1H3;1-10H;2-6H,1H3;1-4,8-9H/t27-;22-;;;/m11.../s1. The quantitative estimate of drug-likeness (QED) is 0.0554. The molecule has 0 saturated heterocycles. The van der Waals surface area contributed by atoms with Crippen LogP contribution in [0.25, 0.3) is 11.1 Å². The van der Waals surface area contributed by atoms with E-state index in [9.17, 15) is 28.8 Å². The SMILES string of the molecule is COC(=O)c1ccc(CN2C(=O)c3ccc(Cl)cc3CC(=O)[C@H]2Cc2ccccn2)cc1-c1ccncc1.COC(=O)c1ccc(CN2C(=O)c3ccc(Cl)cc3CC(=O)[C@H]2Cc2ccccn2)cc1Br.Cc1ccccc1.OB(O)c1ccncc1.S=PP(c1ccccc1)c1ccccc1. The smallest absolute Gasteiger partial charge is 0.465 e. The van der Waals surface area contributed by atoms with Gasteiger partial charge in [0, 0.05) is 128 Å². The van der Waals surface area contributed by atoms with Gasteiger partial charge in [-0.1, -0.05) is 156 Å². The molecule has 11 aromatic rings. The second kappa shape index (κ2) is 38.4. The van der Waals surface area contributed by atoms with E-state index in [0.717, 1.165) is 29.4 Å². The fraction of sp³-hybridized carbons (Fsp3) is 0.139. The molecule has 0 bridgehead atoms. The van der Waals surface area contributed by atoms with Gasteiger partial charge in [0.05, 0.1) is 37.4 Å². The molecule has 0 radical (unpaired) electrons. The van der Waals surface area contributed by atoms with Gasteiger partial charge in [-0.05, 0) is 182 Å². The molecule has 2 N–H and O–H groups in total. The highest BCUT2D eigenvalue weighted by molar-refractivity contribution is 9.10. The molecule has 16 nitrogen and oxygen atoms in total. The lowest BCUT2D eigenvalue weighted by molar-refractivity contribution is -0.123. The number of carbonyl (C=O) groups is 6. The van der Waals surface area contributed by atoms with Crippen molar-refractivity contribution in [1.82, 2.24) is 29.7 Å². The maximum Gasteiger partial charge on any atom is 0.488 e. The van der Waals surface area contributed by atoms with Gasteiger partial charge in [-0.15, -0.1) is 0 Å². The fourth-order valence-corrected chi connectivity index (χ4v) is 16.6. The predicted molar refractivity (Wildman–Crippen MR) is 409 cm³/mol. The first-order valence-corrected chi connectivity index (χ1v) is 37.5. The number of esters is 2. The fourth-order valence-electron chi connectivity index (χ4n) is 11.2. The van der Waals surface area contributed by atoms with Crippen LogP contribution in [0.3, 0.4) is 0 Å². The summed E-state index contributed by atoms with van der Waals surface area (Å²) in [7, 11) is 1.94. The number of rotatable bonds is 15. The molecular weight excluding hydrogens is 1450 g/mol. The van der Waals surface area contributed by atoms with Crippen LogP contribution in [-0.2, 0) is 69.6 Å². The highest BCUT2D eigenvalue weighted by Gasteiger charge is 2.38. The van der Waals surface area contributed by atoms with Crippen LogP contribution in [0.2, 0.25) is 10.0 Å². The lowest BCUT2D eigenvalue weighted by atomic mass is 9.81.